The SMILES string of the molecule is NC(=O)c1cccc2c1c1c(n2Cc2cc(F)ccc2F)C(CC(=O)O)=NCC1=O. The van der Waals surface area contributed by atoms with Gasteiger partial charge in [-0.25, -0.2) is 8.78 Å². The zero-order chi connectivity index (χ0) is 21.6. The molecule has 0 atom stereocenters. The van der Waals surface area contributed by atoms with Crippen molar-refractivity contribution < 1.29 is 28.3 Å². The molecule has 0 fully saturated rings. The average molecular weight is 411 g/mol. The summed E-state index contributed by atoms with van der Waals surface area (Å²) in [5.41, 5.74) is 6.32. The minimum absolute atomic E-state index is 0.00752. The summed E-state index contributed by atoms with van der Waals surface area (Å²) in [4.78, 5) is 40.2. The highest BCUT2D eigenvalue weighted by Gasteiger charge is 2.32. The van der Waals surface area contributed by atoms with Crippen LogP contribution in [0.2, 0.25) is 0 Å². The summed E-state index contributed by atoms with van der Waals surface area (Å²) >= 11 is 0. The summed E-state index contributed by atoms with van der Waals surface area (Å²) in [6.07, 6.45) is -0.478. The lowest BCUT2D eigenvalue weighted by atomic mass is 9.96. The number of aliphatic imine (C=N–C) groups is 1. The lowest BCUT2D eigenvalue weighted by Gasteiger charge is -2.17. The van der Waals surface area contributed by atoms with E-state index in [1.807, 2.05) is 0 Å². The van der Waals surface area contributed by atoms with Crippen LogP contribution in [-0.4, -0.2) is 39.6 Å². The second-order valence-corrected chi connectivity index (χ2v) is 6.87. The molecule has 0 spiro atoms. The van der Waals surface area contributed by atoms with Crippen LogP contribution in [0.15, 0.2) is 41.4 Å². The second-order valence-electron chi connectivity index (χ2n) is 6.87. The van der Waals surface area contributed by atoms with Crippen LogP contribution in [0, 0.1) is 11.6 Å². The van der Waals surface area contributed by atoms with Gasteiger partial charge in [0.2, 0.25) is 5.91 Å². The van der Waals surface area contributed by atoms with Gasteiger partial charge in [0.25, 0.3) is 0 Å². The highest BCUT2D eigenvalue weighted by Crippen LogP contribution is 2.34. The Hall–Kier alpha value is -3.88. The number of halogens is 2. The third kappa shape index (κ3) is 3.14. The van der Waals surface area contributed by atoms with Crippen molar-refractivity contribution in [3.05, 3.63) is 70.4 Å². The highest BCUT2D eigenvalue weighted by molar-refractivity contribution is 6.26. The van der Waals surface area contributed by atoms with Gasteiger partial charge < -0.3 is 15.4 Å². The Morgan fingerprint density at radius 2 is 1.97 bits per heavy atom. The van der Waals surface area contributed by atoms with Gasteiger partial charge in [0.15, 0.2) is 5.78 Å². The number of primary amides is 1. The van der Waals surface area contributed by atoms with Crippen LogP contribution in [-0.2, 0) is 11.3 Å². The van der Waals surface area contributed by atoms with E-state index in [0.29, 0.717) is 5.52 Å². The fourth-order valence-electron chi connectivity index (χ4n) is 3.78. The first-order valence-corrected chi connectivity index (χ1v) is 8.95. The Balaban J connectivity index is 2.06. The molecule has 2 aromatic carbocycles. The molecule has 0 unspecified atom stereocenters. The molecular weight excluding hydrogens is 396 g/mol. The van der Waals surface area contributed by atoms with Crippen molar-refractivity contribution in [3.8, 4) is 0 Å². The number of fused-ring (bicyclic) bond motifs is 3. The standard InChI is InChI=1S/C21H15F2N3O4/c22-11-4-5-13(23)10(6-11)9-26-15-3-1-2-12(21(24)30)18(15)19-16(27)8-25-14(20(19)26)7-17(28)29/h1-6H,7-9H2,(H2,24,30)(H,28,29). The van der Waals surface area contributed by atoms with Gasteiger partial charge in [0, 0.05) is 16.5 Å². The van der Waals surface area contributed by atoms with Crippen molar-refractivity contribution >= 4 is 34.3 Å². The van der Waals surface area contributed by atoms with Crippen molar-refractivity contribution in [2.45, 2.75) is 13.0 Å². The van der Waals surface area contributed by atoms with Crippen LogP contribution in [0.3, 0.4) is 0 Å². The third-order valence-electron chi connectivity index (χ3n) is 4.98. The van der Waals surface area contributed by atoms with Crippen LogP contribution in [0.25, 0.3) is 10.9 Å². The van der Waals surface area contributed by atoms with E-state index in [1.54, 1.807) is 12.1 Å². The number of nitrogens with two attached hydrogens (primary N) is 1. The normalized spacial score (nSPS) is 13.3. The van der Waals surface area contributed by atoms with E-state index in [9.17, 15) is 28.3 Å². The van der Waals surface area contributed by atoms with Crippen LogP contribution in [0.5, 0.6) is 0 Å². The molecule has 1 aliphatic rings. The first-order valence-electron chi connectivity index (χ1n) is 8.95. The van der Waals surface area contributed by atoms with Crippen LogP contribution in [0.1, 0.15) is 38.4 Å². The summed E-state index contributed by atoms with van der Waals surface area (Å²) in [6.45, 7) is -0.486. The van der Waals surface area contributed by atoms with Crippen molar-refractivity contribution in [2.24, 2.45) is 10.7 Å². The Bertz CT molecular complexity index is 1280. The van der Waals surface area contributed by atoms with Gasteiger partial charge >= 0.3 is 5.97 Å². The van der Waals surface area contributed by atoms with Crippen LogP contribution >= 0.6 is 0 Å². The number of Topliss-reactive ketones (excluding diaryl/α,β-unsaturated/α-hetero) is 1. The first kappa shape index (κ1) is 19.4. The van der Waals surface area contributed by atoms with Gasteiger partial charge in [0.05, 0.1) is 35.5 Å². The molecule has 4 rings (SSSR count). The summed E-state index contributed by atoms with van der Waals surface area (Å²) in [5.74, 6) is -3.68. The molecule has 0 saturated heterocycles. The molecule has 152 valence electrons. The quantitative estimate of drug-likeness (QED) is 0.671. The number of ketones is 1. The van der Waals surface area contributed by atoms with Crippen molar-refractivity contribution in [2.75, 3.05) is 6.54 Å². The number of carboxylic acids is 1. The highest BCUT2D eigenvalue weighted by atomic mass is 19.1. The zero-order valence-electron chi connectivity index (χ0n) is 15.5. The number of carbonyl (C=O) groups excluding carboxylic acids is 2. The molecule has 3 N–H and O–H groups in total. The van der Waals surface area contributed by atoms with Gasteiger partial charge in [-0.1, -0.05) is 6.07 Å². The number of hydrogen-bond acceptors (Lipinski definition) is 4. The van der Waals surface area contributed by atoms with Gasteiger partial charge in [-0.3, -0.25) is 19.4 Å². The zero-order valence-corrected chi connectivity index (χ0v) is 15.5. The summed E-state index contributed by atoms with van der Waals surface area (Å²) in [7, 11) is 0. The number of hydrogen-bond donors (Lipinski definition) is 2. The predicted octanol–water partition coefficient (Wildman–Crippen LogP) is 2.53. The number of aromatic nitrogens is 1. The van der Waals surface area contributed by atoms with Gasteiger partial charge in [-0.05, 0) is 30.3 Å². The number of nitrogens with zero attached hydrogens (tertiary/aromatic N) is 2. The number of rotatable bonds is 5. The molecule has 1 aliphatic heterocycles. The number of amides is 1. The monoisotopic (exact) mass is 411 g/mol. The Morgan fingerprint density at radius 3 is 2.67 bits per heavy atom. The van der Waals surface area contributed by atoms with Gasteiger partial charge in [0.1, 0.15) is 18.2 Å². The topological polar surface area (TPSA) is 115 Å². The molecule has 2 heterocycles. The number of carbonyl (C=O) groups is 3. The molecule has 1 aromatic heterocycles. The van der Waals surface area contributed by atoms with E-state index in [4.69, 9.17) is 5.73 Å². The van der Waals surface area contributed by atoms with E-state index in [-0.39, 0.29) is 46.6 Å². The van der Waals surface area contributed by atoms with Crippen molar-refractivity contribution in [3.63, 3.8) is 0 Å². The summed E-state index contributed by atoms with van der Waals surface area (Å²) in [5, 5.41) is 9.53. The van der Waals surface area contributed by atoms with E-state index < -0.39 is 35.7 Å². The predicted molar refractivity (Wildman–Crippen MR) is 104 cm³/mol. The molecular formula is C21H15F2N3O4. The maximum atomic E-state index is 14.3. The number of aliphatic carboxylic acids is 1. The van der Waals surface area contributed by atoms with Crippen molar-refractivity contribution in [1.29, 1.82) is 0 Å². The number of benzene rings is 2. The maximum Gasteiger partial charge on any atom is 0.309 e. The van der Waals surface area contributed by atoms with Crippen LogP contribution < -0.4 is 5.73 Å². The maximum absolute atomic E-state index is 14.3. The molecule has 0 bridgehead atoms. The Labute approximate surface area is 168 Å². The smallest absolute Gasteiger partial charge is 0.309 e. The second kappa shape index (κ2) is 7.18. The Kier molecular flexibility index (Phi) is 4.65. The molecule has 7 nitrogen and oxygen atoms in total. The summed E-state index contributed by atoms with van der Waals surface area (Å²) in [6, 6.07) is 7.58. The minimum Gasteiger partial charge on any atom is -0.481 e. The largest absolute Gasteiger partial charge is 0.481 e. The van der Waals surface area contributed by atoms with E-state index in [0.717, 1.165) is 18.2 Å². The molecule has 30 heavy (non-hydrogen) atoms. The van der Waals surface area contributed by atoms with E-state index in [2.05, 4.69) is 4.99 Å². The fraction of sp³-hybridized carbons (Fsp3) is 0.143. The van der Waals surface area contributed by atoms with Crippen LogP contribution in [0.4, 0.5) is 8.78 Å². The minimum atomic E-state index is -1.17. The Morgan fingerprint density at radius 1 is 1.20 bits per heavy atom. The van der Waals surface area contributed by atoms with E-state index >= 15 is 0 Å². The molecule has 0 saturated carbocycles. The van der Waals surface area contributed by atoms with Gasteiger partial charge in [-0.15, -0.1) is 0 Å². The van der Waals surface area contributed by atoms with Crippen molar-refractivity contribution in [1.82, 2.24) is 4.57 Å². The molecule has 1 amide bonds. The fourth-order valence-corrected chi connectivity index (χ4v) is 3.78. The molecule has 0 aliphatic carbocycles. The molecule has 3 aromatic rings. The summed E-state index contributed by atoms with van der Waals surface area (Å²) < 4.78 is 29.5. The van der Waals surface area contributed by atoms with Gasteiger partial charge in [-0.2, -0.15) is 0 Å². The molecule has 0 radical (unpaired) electrons. The first-order chi connectivity index (χ1) is 14.3. The lowest BCUT2D eigenvalue weighted by Crippen LogP contribution is -2.24. The lowest BCUT2D eigenvalue weighted by molar-refractivity contribution is -0.135. The van der Waals surface area contributed by atoms with E-state index in [1.165, 1.54) is 10.6 Å². The number of carboxylic acid groups (broad SMARTS) is 1. The average Bonchev–Trinajstić information content (AvgIpc) is 3.02. The molecule has 9 heteroatoms. The third-order valence-corrected chi connectivity index (χ3v) is 4.98.